The van der Waals surface area contributed by atoms with Crippen LogP contribution in [0.25, 0.3) is 12.2 Å². The molecule has 0 fully saturated rings. The van der Waals surface area contributed by atoms with Crippen molar-refractivity contribution in [1.29, 1.82) is 0 Å². The van der Waals surface area contributed by atoms with Gasteiger partial charge in [0.05, 0.1) is 14.2 Å². The molecule has 168 valence electrons. The maximum atomic E-state index is 13.0. The van der Waals surface area contributed by atoms with Gasteiger partial charge in [0.25, 0.3) is 10.0 Å². The van der Waals surface area contributed by atoms with Crippen LogP contribution >= 0.6 is 0 Å². The minimum atomic E-state index is -3.94. The van der Waals surface area contributed by atoms with E-state index in [1.54, 1.807) is 55.5 Å². The number of rotatable bonds is 8. The molecule has 0 aliphatic heterocycles. The number of amides is 1. The van der Waals surface area contributed by atoms with Crippen molar-refractivity contribution in [1.82, 2.24) is 5.16 Å². The second-order valence-corrected chi connectivity index (χ2v) is 8.42. The van der Waals surface area contributed by atoms with Crippen LogP contribution in [0, 0.1) is 6.92 Å². The number of carbonyl (C=O) groups excluding carboxylic acids is 1. The molecule has 0 bridgehead atoms. The summed E-state index contributed by atoms with van der Waals surface area (Å²) in [6.07, 6.45) is 3.25. The summed E-state index contributed by atoms with van der Waals surface area (Å²) in [7, 11) is -1.02. The quantitative estimate of drug-likeness (QED) is 0.526. The van der Waals surface area contributed by atoms with Gasteiger partial charge in [-0.15, -0.1) is 0 Å². The Labute approximate surface area is 186 Å². The maximum Gasteiger partial charge on any atom is 0.265 e. The average Bonchev–Trinajstić information content (AvgIpc) is 3.11. The molecule has 1 aromatic heterocycles. The van der Waals surface area contributed by atoms with E-state index in [1.165, 1.54) is 27.2 Å². The molecule has 32 heavy (non-hydrogen) atoms. The van der Waals surface area contributed by atoms with E-state index in [0.717, 1.165) is 0 Å². The fourth-order valence-corrected chi connectivity index (χ4v) is 4.14. The lowest BCUT2D eigenvalue weighted by atomic mass is 10.2. The Bertz CT molecular complexity index is 1250. The number of methoxy groups -OCH3 is 2. The van der Waals surface area contributed by atoms with E-state index < -0.39 is 10.0 Å². The molecule has 2 N–H and O–H groups in total. The summed E-state index contributed by atoms with van der Waals surface area (Å²) in [5.41, 5.74) is 1.94. The Morgan fingerprint density at radius 3 is 2.41 bits per heavy atom. The zero-order valence-electron chi connectivity index (χ0n) is 18.0. The van der Waals surface area contributed by atoms with Crippen LogP contribution in [0.1, 0.15) is 23.9 Å². The zero-order valence-corrected chi connectivity index (χ0v) is 18.8. The van der Waals surface area contributed by atoms with Crippen molar-refractivity contribution in [2.24, 2.45) is 0 Å². The molecule has 2 aromatic carbocycles. The van der Waals surface area contributed by atoms with E-state index in [2.05, 4.69) is 15.2 Å². The molecule has 0 atom stereocenters. The lowest BCUT2D eigenvalue weighted by molar-refractivity contribution is -0.114. The third-order valence-electron chi connectivity index (χ3n) is 4.44. The molecule has 9 nitrogen and oxygen atoms in total. The monoisotopic (exact) mass is 457 g/mol. The first-order chi connectivity index (χ1) is 15.2. The molecular formula is C22H23N3O6S. The Morgan fingerprint density at radius 2 is 1.78 bits per heavy atom. The van der Waals surface area contributed by atoms with Gasteiger partial charge in [-0.05, 0) is 55.0 Å². The van der Waals surface area contributed by atoms with Crippen molar-refractivity contribution in [3.05, 3.63) is 59.5 Å². The highest BCUT2D eigenvalue weighted by molar-refractivity contribution is 7.92. The van der Waals surface area contributed by atoms with Gasteiger partial charge >= 0.3 is 0 Å². The molecule has 3 aromatic rings. The number of aryl methyl sites for hydroxylation is 1. The van der Waals surface area contributed by atoms with Crippen LogP contribution in [-0.4, -0.2) is 33.7 Å². The van der Waals surface area contributed by atoms with E-state index >= 15 is 0 Å². The van der Waals surface area contributed by atoms with Crippen LogP contribution in [0.15, 0.2) is 51.9 Å². The third kappa shape index (κ3) is 5.27. The normalized spacial score (nSPS) is 11.4. The van der Waals surface area contributed by atoms with Crippen LogP contribution < -0.4 is 19.5 Å². The van der Waals surface area contributed by atoms with Gasteiger partial charge in [0.1, 0.15) is 27.8 Å². The number of sulfonamides is 1. The van der Waals surface area contributed by atoms with E-state index in [1.807, 2.05) is 0 Å². The summed E-state index contributed by atoms with van der Waals surface area (Å²) >= 11 is 0. The van der Waals surface area contributed by atoms with Crippen LogP contribution in [0.4, 0.5) is 11.4 Å². The summed E-state index contributed by atoms with van der Waals surface area (Å²) in [5, 5.41) is 6.52. The molecule has 0 aliphatic carbocycles. The number of hydrogen-bond acceptors (Lipinski definition) is 7. The van der Waals surface area contributed by atoms with Gasteiger partial charge in [0.2, 0.25) is 5.91 Å². The number of nitrogens with zero attached hydrogens (tertiary/aromatic N) is 1. The van der Waals surface area contributed by atoms with E-state index in [0.29, 0.717) is 34.1 Å². The first-order valence-electron chi connectivity index (χ1n) is 9.50. The number of ether oxygens (including phenoxy) is 2. The lowest BCUT2D eigenvalue weighted by Gasteiger charge is -2.12. The predicted octanol–water partition coefficient (Wildman–Crippen LogP) is 3.93. The summed E-state index contributed by atoms with van der Waals surface area (Å²) in [5.74, 6) is 0.888. The second kappa shape index (κ2) is 9.56. The highest BCUT2D eigenvalue weighted by atomic mass is 32.2. The molecule has 0 saturated carbocycles. The molecule has 0 saturated heterocycles. The molecule has 3 rings (SSSR count). The van der Waals surface area contributed by atoms with Gasteiger partial charge in [-0.25, -0.2) is 8.42 Å². The van der Waals surface area contributed by atoms with Crippen molar-refractivity contribution in [2.45, 2.75) is 18.7 Å². The Balaban J connectivity index is 1.91. The maximum absolute atomic E-state index is 13.0. The number of benzene rings is 2. The number of anilines is 2. The fraction of sp³-hybridized carbons (Fsp3) is 0.182. The lowest BCUT2D eigenvalue weighted by Crippen LogP contribution is -2.14. The molecule has 10 heteroatoms. The first kappa shape index (κ1) is 22.9. The minimum Gasteiger partial charge on any atom is -0.497 e. The fourth-order valence-electron chi connectivity index (χ4n) is 2.88. The largest absolute Gasteiger partial charge is 0.497 e. The molecular weight excluding hydrogens is 434 g/mol. The van der Waals surface area contributed by atoms with Crippen LogP contribution in [0.5, 0.6) is 11.5 Å². The van der Waals surface area contributed by atoms with E-state index in [-0.39, 0.29) is 16.6 Å². The summed E-state index contributed by atoms with van der Waals surface area (Å²) in [6, 6.07) is 11.2. The van der Waals surface area contributed by atoms with Gasteiger partial charge < -0.3 is 19.3 Å². The number of carbonyl (C=O) groups is 1. The average molecular weight is 458 g/mol. The van der Waals surface area contributed by atoms with Gasteiger partial charge in [0, 0.05) is 12.6 Å². The Kier molecular flexibility index (Phi) is 6.84. The number of nitrogens with one attached hydrogen (secondary N) is 2. The summed E-state index contributed by atoms with van der Waals surface area (Å²) in [4.78, 5) is 11.4. The predicted molar refractivity (Wildman–Crippen MR) is 121 cm³/mol. The second-order valence-electron chi connectivity index (χ2n) is 6.77. The highest BCUT2D eigenvalue weighted by Gasteiger charge is 2.20. The van der Waals surface area contributed by atoms with Crippen molar-refractivity contribution < 1.29 is 27.2 Å². The number of aromatic nitrogens is 1. The molecule has 0 radical (unpaired) electrons. The highest BCUT2D eigenvalue weighted by Crippen LogP contribution is 2.29. The minimum absolute atomic E-state index is 0.0335. The van der Waals surface area contributed by atoms with Gasteiger partial charge in [-0.2, -0.15) is 0 Å². The van der Waals surface area contributed by atoms with Gasteiger partial charge in [-0.3, -0.25) is 9.52 Å². The van der Waals surface area contributed by atoms with E-state index in [4.69, 9.17) is 14.0 Å². The number of hydrogen-bond donors (Lipinski definition) is 2. The standard InChI is InChI=1S/C22H23N3O6S/c1-14-22(23-15(2)26)20(31-24-14)12-6-16-5-11-19(30-4)21(13-16)32(27,28)25-17-7-9-18(29-3)10-8-17/h5-13,25H,1-4H3,(H,23,26)/b12-6-. The van der Waals surface area contributed by atoms with Crippen molar-refractivity contribution in [2.75, 3.05) is 24.3 Å². The van der Waals surface area contributed by atoms with Crippen LogP contribution in [0.2, 0.25) is 0 Å². The molecule has 1 amide bonds. The molecule has 0 aliphatic rings. The van der Waals surface area contributed by atoms with Crippen molar-refractivity contribution in [3.8, 4) is 11.5 Å². The SMILES string of the molecule is COc1ccc(NS(=O)(=O)c2cc(/C=C\c3onc(C)c3NC(C)=O)ccc2OC)cc1. The molecule has 1 heterocycles. The van der Waals surface area contributed by atoms with Crippen LogP contribution in [0.3, 0.4) is 0 Å². The molecule has 0 unspecified atom stereocenters. The topological polar surface area (TPSA) is 120 Å². The first-order valence-corrected chi connectivity index (χ1v) is 11.0. The summed E-state index contributed by atoms with van der Waals surface area (Å²) in [6.45, 7) is 3.09. The van der Waals surface area contributed by atoms with Gasteiger partial charge in [-0.1, -0.05) is 17.3 Å². The van der Waals surface area contributed by atoms with Crippen molar-refractivity contribution >= 4 is 39.5 Å². The third-order valence-corrected chi connectivity index (χ3v) is 5.84. The zero-order chi connectivity index (χ0) is 23.3. The smallest absolute Gasteiger partial charge is 0.265 e. The Hall–Kier alpha value is -3.79. The van der Waals surface area contributed by atoms with Crippen molar-refractivity contribution in [3.63, 3.8) is 0 Å². The van der Waals surface area contributed by atoms with Gasteiger partial charge in [0.15, 0.2) is 5.76 Å². The van der Waals surface area contributed by atoms with Crippen LogP contribution in [-0.2, 0) is 14.8 Å². The summed E-state index contributed by atoms with van der Waals surface area (Å²) < 4.78 is 44.2. The van der Waals surface area contributed by atoms with E-state index in [9.17, 15) is 13.2 Å². The molecule has 0 spiro atoms. The Morgan fingerprint density at radius 1 is 1.06 bits per heavy atom.